The molecule has 0 heterocycles. The van der Waals surface area contributed by atoms with E-state index in [2.05, 4.69) is 10.9 Å². The van der Waals surface area contributed by atoms with Crippen LogP contribution < -0.4 is 20.3 Å². The molecule has 0 saturated carbocycles. The van der Waals surface area contributed by atoms with Crippen LogP contribution in [-0.4, -0.2) is 23.3 Å². The molecule has 0 saturated heterocycles. The van der Waals surface area contributed by atoms with Crippen LogP contribution in [-0.2, 0) is 11.4 Å². The number of rotatable bonds is 8. The van der Waals surface area contributed by atoms with Gasteiger partial charge in [0.15, 0.2) is 6.61 Å². The molecule has 2 amide bonds. The first-order valence-corrected chi connectivity index (χ1v) is 9.67. The Kier molecular flexibility index (Phi) is 7.37. The SMILES string of the molecule is Cc1c(C(=O)NNC(=O)COc2ccc(OCc3ccccc3)cc2)cccc1[N+](=O)[O-]. The van der Waals surface area contributed by atoms with Gasteiger partial charge < -0.3 is 9.47 Å². The van der Waals surface area contributed by atoms with E-state index >= 15 is 0 Å². The van der Waals surface area contributed by atoms with E-state index in [1.165, 1.54) is 25.1 Å². The molecule has 0 aliphatic carbocycles. The average Bonchev–Trinajstić information content (AvgIpc) is 2.81. The number of nitrogens with zero attached hydrogens (tertiary/aromatic N) is 1. The zero-order valence-electron chi connectivity index (χ0n) is 17.2. The number of hydrogen-bond donors (Lipinski definition) is 2. The van der Waals surface area contributed by atoms with Crippen molar-refractivity contribution < 1.29 is 24.0 Å². The second-order valence-corrected chi connectivity index (χ2v) is 6.74. The Bertz CT molecular complexity index is 1100. The van der Waals surface area contributed by atoms with Crippen LogP contribution >= 0.6 is 0 Å². The summed E-state index contributed by atoms with van der Waals surface area (Å²) in [5, 5.41) is 11.0. The monoisotopic (exact) mass is 435 g/mol. The minimum absolute atomic E-state index is 0.0894. The standard InChI is InChI=1S/C23H21N3O6/c1-16-20(8-5-9-21(16)26(29)30)23(28)25-24-22(27)15-32-19-12-10-18(11-13-19)31-14-17-6-3-2-4-7-17/h2-13H,14-15H2,1H3,(H,24,27)(H,25,28). The number of nitrogens with one attached hydrogen (secondary N) is 2. The molecule has 32 heavy (non-hydrogen) atoms. The van der Waals surface area contributed by atoms with Crippen LogP contribution in [0.25, 0.3) is 0 Å². The fourth-order valence-electron chi connectivity index (χ4n) is 2.82. The number of carbonyl (C=O) groups excluding carboxylic acids is 2. The van der Waals surface area contributed by atoms with Gasteiger partial charge in [0.25, 0.3) is 17.5 Å². The maximum absolute atomic E-state index is 12.2. The van der Waals surface area contributed by atoms with E-state index in [9.17, 15) is 19.7 Å². The molecule has 0 aromatic heterocycles. The summed E-state index contributed by atoms with van der Waals surface area (Å²) in [7, 11) is 0. The summed E-state index contributed by atoms with van der Waals surface area (Å²) in [6.07, 6.45) is 0. The van der Waals surface area contributed by atoms with Crippen molar-refractivity contribution in [3.8, 4) is 11.5 Å². The topological polar surface area (TPSA) is 120 Å². The Balaban J connectivity index is 1.44. The quantitative estimate of drug-likeness (QED) is 0.414. The Morgan fingerprint density at radius 3 is 2.19 bits per heavy atom. The number of amides is 2. The van der Waals surface area contributed by atoms with Crippen LogP contribution in [0, 0.1) is 17.0 Å². The first kappa shape index (κ1) is 22.3. The Morgan fingerprint density at radius 1 is 0.875 bits per heavy atom. The molecular weight excluding hydrogens is 414 g/mol. The summed E-state index contributed by atoms with van der Waals surface area (Å²) >= 11 is 0. The van der Waals surface area contributed by atoms with E-state index in [1.54, 1.807) is 24.3 Å². The van der Waals surface area contributed by atoms with Gasteiger partial charge in [-0.3, -0.25) is 30.6 Å². The summed E-state index contributed by atoms with van der Waals surface area (Å²) in [4.78, 5) is 34.6. The lowest BCUT2D eigenvalue weighted by Gasteiger charge is -2.11. The van der Waals surface area contributed by atoms with Crippen molar-refractivity contribution in [1.29, 1.82) is 0 Å². The lowest BCUT2D eigenvalue weighted by molar-refractivity contribution is -0.385. The molecule has 9 nitrogen and oxygen atoms in total. The number of carbonyl (C=O) groups is 2. The van der Waals surface area contributed by atoms with Crippen LogP contribution in [0.1, 0.15) is 21.5 Å². The summed E-state index contributed by atoms with van der Waals surface area (Å²) in [5.41, 5.74) is 5.61. The van der Waals surface area contributed by atoms with Gasteiger partial charge in [0, 0.05) is 11.6 Å². The van der Waals surface area contributed by atoms with Crippen molar-refractivity contribution in [1.82, 2.24) is 10.9 Å². The van der Waals surface area contributed by atoms with E-state index < -0.39 is 16.7 Å². The maximum Gasteiger partial charge on any atom is 0.276 e. The molecule has 0 aliphatic rings. The van der Waals surface area contributed by atoms with E-state index in [0.717, 1.165) is 5.56 Å². The lowest BCUT2D eigenvalue weighted by Crippen LogP contribution is -2.44. The van der Waals surface area contributed by atoms with Crippen LogP contribution in [0.3, 0.4) is 0 Å². The third kappa shape index (κ3) is 6.05. The van der Waals surface area contributed by atoms with Crippen LogP contribution in [0.4, 0.5) is 5.69 Å². The zero-order valence-corrected chi connectivity index (χ0v) is 17.2. The number of benzene rings is 3. The van der Waals surface area contributed by atoms with E-state index in [-0.39, 0.29) is 23.4 Å². The Hall–Kier alpha value is -4.40. The third-order valence-electron chi connectivity index (χ3n) is 4.50. The smallest absolute Gasteiger partial charge is 0.276 e. The van der Waals surface area contributed by atoms with Crippen LogP contribution in [0.15, 0.2) is 72.8 Å². The van der Waals surface area contributed by atoms with Crippen molar-refractivity contribution in [2.75, 3.05) is 6.61 Å². The molecule has 0 aliphatic heterocycles. The molecule has 0 atom stereocenters. The van der Waals surface area contributed by atoms with E-state index in [1.807, 2.05) is 30.3 Å². The van der Waals surface area contributed by atoms with Gasteiger partial charge in [-0.15, -0.1) is 0 Å². The highest BCUT2D eigenvalue weighted by Crippen LogP contribution is 2.21. The largest absolute Gasteiger partial charge is 0.489 e. The fraction of sp³-hybridized carbons (Fsp3) is 0.130. The average molecular weight is 435 g/mol. The summed E-state index contributed by atoms with van der Waals surface area (Å²) in [5.74, 6) is -0.149. The molecule has 0 bridgehead atoms. The highest BCUT2D eigenvalue weighted by Gasteiger charge is 2.18. The van der Waals surface area contributed by atoms with Gasteiger partial charge in [0.2, 0.25) is 0 Å². The lowest BCUT2D eigenvalue weighted by atomic mass is 10.1. The van der Waals surface area contributed by atoms with Crippen molar-refractivity contribution >= 4 is 17.5 Å². The zero-order chi connectivity index (χ0) is 22.9. The van der Waals surface area contributed by atoms with Gasteiger partial charge in [-0.25, -0.2) is 0 Å². The van der Waals surface area contributed by atoms with Crippen LogP contribution in [0.2, 0.25) is 0 Å². The molecule has 9 heteroatoms. The van der Waals surface area contributed by atoms with E-state index in [4.69, 9.17) is 9.47 Å². The number of ether oxygens (including phenoxy) is 2. The molecule has 0 radical (unpaired) electrons. The molecule has 3 aromatic carbocycles. The molecular formula is C23H21N3O6. The molecule has 3 aromatic rings. The van der Waals surface area contributed by atoms with Gasteiger partial charge >= 0.3 is 0 Å². The normalized spacial score (nSPS) is 10.2. The number of hydrogen-bond acceptors (Lipinski definition) is 6. The predicted molar refractivity (Wildman–Crippen MR) is 116 cm³/mol. The number of hydrazine groups is 1. The minimum Gasteiger partial charge on any atom is -0.489 e. The summed E-state index contributed by atoms with van der Waals surface area (Å²) in [6.45, 7) is 1.57. The molecule has 0 fully saturated rings. The van der Waals surface area contributed by atoms with E-state index in [0.29, 0.717) is 18.1 Å². The molecule has 0 spiro atoms. The maximum atomic E-state index is 12.2. The Morgan fingerprint density at radius 2 is 1.53 bits per heavy atom. The predicted octanol–water partition coefficient (Wildman–Crippen LogP) is 3.32. The second-order valence-electron chi connectivity index (χ2n) is 6.74. The molecule has 3 rings (SSSR count). The number of nitro benzene ring substituents is 1. The molecule has 0 unspecified atom stereocenters. The van der Waals surface area contributed by atoms with Gasteiger partial charge in [0.1, 0.15) is 18.1 Å². The van der Waals surface area contributed by atoms with Crippen molar-refractivity contribution in [3.63, 3.8) is 0 Å². The van der Waals surface area contributed by atoms with Crippen molar-refractivity contribution in [3.05, 3.63) is 99.6 Å². The molecule has 164 valence electrons. The van der Waals surface area contributed by atoms with Gasteiger partial charge in [-0.05, 0) is 42.8 Å². The molecule has 2 N–H and O–H groups in total. The highest BCUT2D eigenvalue weighted by atomic mass is 16.6. The summed E-state index contributed by atoms with van der Waals surface area (Å²) < 4.78 is 11.1. The Labute approximate surface area is 184 Å². The van der Waals surface area contributed by atoms with Crippen molar-refractivity contribution in [2.24, 2.45) is 0 Å². The van der Waals surface area contributed by atoms with Crippen molar-refractivity contribution in [2.45, 2.75) is 13.5 Å². The van der Waals surface area contributed by atoms with Gasteiger partial charge in [-0.1, -0.05) is 36.4 Å². The second kappa shape index (κ2) is 10.6. The minimum atomic E-state index is -0.667. The first-order chi connectivity index (χ1) is 15.4. The highest BCUT2D eigenvalue weighted by molar-refractivity contribution is 5.97. The number of nitro groups is 1. The van der Waals surface area contributed by atoms with Crippen LogP contribution in [0.5, 0.6) is 11.5 Å². The van der Waals surface area contributed by atoms with Gasteiger partial charge in [0.05, 0.1) is 10.5 Å². The fourth-order valence-corrected chi connectivity index (χ4v) is 2.82. The first-order valence-electron chi connectivity index (χ1n) is 9.67. The van der Waals surface area contributed by atoms with Gasteiger partial charge in [-0.2, -0.15) is 0 Å². The third-order valence-corrected chi connectivity index (χ3v) is 4.50. The summed E-state index contributed by atoms with van der Waals surface area (Å²) in [6, 6.07) is 20.7.